The molecule has 0 radical (unpaired) electrons. The summed E-state index contributed by atoms with van der Waals surface area (Å²) >= 11 is 13.3. The Bertz CT molecular complexity index is 947. The van der Waals surface area contributed by atoms with Gasteiger partial charge in [-0.15, -0.1) is 10.2 Å². The highest BCUT2D eigenvalue weighted by atomic mass is 35.5. The second-order valence-electron chi connectivity index (χ2n) is 5.56. The van der Waals surface area contributed by atoms with Crippen molar-refractivity contribution >= 4 is 46.6 Å². The van der Waals surface area contributed by atoms with Crippen LogP contribution in [0.15, 0.2) is 53.9 Å². The van der Waals surface area contributed by atoms with Crippen molar-refractivity contribution in [2.24, 2.45) is 0 Å². The van der Waals surface area contributed by atoms with Crippen LogP contribution in [-0.2, 0) is 4.79 Å². The quantitative estimate of drug-likeness (QED) is 0.582. The molecule has 27 heavy (non-hydrogen) atoms. The molecule has 1 N–H and O–H groups in total. The van der Waals surface area contributed by atoms with E-state index in [1.165, 1.54) is 11.8 Å². The van der Waals surface area contributed by atoms with E-state index in [2.05, 4.69) is 15.5 Å². The molecule has 2 aromatic carbocycles. The third kappa shape index (κ3) is 4.74. The first kappa shape index (κ1) is 19.5. The molecule has 1 atom stereocenters. The summed E-state index contributed by atoms with van der Waals surface area (Å²) in [5, 5.41) is 11.9. The summed E-state index contributed by atoms with van der Waals surface area (Å²) in [4.78, 5) is 12.5. The molecule has 3 aromatic rings. The smallest absolute Gasteiger partial charge is 0.237 e. The first-order valence-electron chi connectivity index (χ1n) is 7.95. The SMILES string of the molecule is COc1ccc(-n2cnnc2S[C@H](C)C(=O)Nc2cc(Cl)ccc2Cl)cc1. The maximum atomic E-state index is 12.5. The maximum Gasteiger partial charge on any atom is 0.237 e. The van der Waals surface area contributed by atoms with E-state index in [4.69, 9.17) is 27.9 Å². The minimum absolute atomic E-state index is 0.214. The third-order valence-electron chi connectivity index (χ3n) is 3.70. The minimum atomic E-state index is -0.429. The molecule has 0 saturated carbocycles. The lowest BCUT2D eigenvalue weighted by molar-refractivity contribution is -0.115. The average molecular weight is 423 g/mol. The van der Waals surface area contributed by atoms with E-state index in [-0.39, 0.29) is 5.91 Å². The lowest BCUT2D eigenvalue weighted by atomic mass is 10.3. The highest BCUT2D eigenvalue weighted by Gasteiger charge is 2.19. The number of anilines is 1. The van der Waals surface area contributed by atoms with Crippen molar-refractivity contribution in [1.29, 1.82) is 0 Å². The summed E-state index contributed by atoms with van der Waals surface area (Å²) in [5.74, 6) is 0.542. The number of rotatable bonds is 6. The Kier molecular flexibility index (Phi) is 6.26. The highest BCUT2D eigenvalue weighted by Crippen LogP contribution is 2.28. The molecule has 1 heterocycles. The fourth-order valence-electron chi connectivity index (χ4n) is 2.26. The molecule has 0 saturated heterocycles. The molecule has 0 fully saturated rings. The van der Waals surface area contributed by atoms with Crippen LogP contribution >= 0.6 is 35.0 Å². The van der Waals surface area contributed by atoms with Crippen molar-refractivity contribution in [3.63, 3.8) is 0 Å². The first-order valence-corrected chi connectivity index (χ1v) is 9.58. The second-order valence-corrected chi connectivity index (χ2v) is 7.71. The van der Waals surface area contributed by atoms with Gasteiger partial charge in [0, 0.05) is 10.7 Å². The number of hydrogen-bond acceptors (Lipinski definition) is 5. The number of nitrogens with one attached hydrogen (secondary N) is 1. The Morgan fingerprint density at radius 2 is 1.96 bits per heavy atom. The number of amides is 1. The van der Waals surface area contributed by atoms with E-state index in [0.717, 1.165) is 11.4 Å². The first-order chi connectivity index (χ1) is 13.0. The van der Waals surface area contributed by atoms with Gasteiger partial charge < -0.3 is 10.1 Å². The number of hydrogen-bond donors (Lipinski definition) is 1. The summed E-state index contributed by atoms with van der Waals surface area (Å²) in [6, 6.07) is 12.4. The lowest BCUT2D eigenvalue weighted by Crippen LogP contribution is -2.23. The Hall–Kier alpha value is -2.22. The normalized spacial score (nSPS) is 11.9. The van der Waals surface area contributed by atoms with Gasteiger partial charge in [-0.25, -0.2) is 0 Å². The Balaban J connectivity index is 1.72. The van der Waals surface area contributed by atoms with Crippen LogP contribution in [0.4, 0.5) is 5.69 Å². The zero-order valence-corrected chi connectivity index (χ0v) is 16.8. The monoisotopic (exact) mass is 422 g/mol. The van der Waals surface area contributed by atoms with Gasteiger partial charge in [-0.05, 0) is 49.4 Å². The molecule has 9 heteroatoms. The van der Waals surface area contributed by atoms with Crippen molar-refractivity contribution in [3.05, 3.63) is 58.8 Å². The van der Waals surface area contributed by atoms with Gasteiger partial charge in [-0.1, -0.05) is 35.0 Å². The van der Waals surface area contributed by atoms with Crippen molar-refractivity contribution in [3.8, 4) is 11.4 Å². The van der Waals surface area contributed by atoms with Gasteiger partial charge in [-0.2, -0.15) is 0 Å². The van der Waals surface area contributed by atoms with Crippen LogP contribution in [0.3, 0.4) is 0 Å². The minimum Gasteiger partial charge on any atom is -0.497 e. The Morgan fingerprint density at radius 3 is 2.67 bits per heavy atom. The van der Waals surface area contributed by atoms with Crippen LogP contribution in [0, 0.1) is 0 Å². The number of thioether (sulfide) groups is 1. The number of halogens is 2. The average Bonchev–Trinajstić information content (AvgIpc) is 3.12. The van der Waals surface area contributed by atoms with Gasteiger partial charge in [0.05, 0.1) is 23.1 Å². The molecular formula is C18H16Cl2N4O2S. The molecule has 140 valence electrons. The molecule has 1 aromatic heterocycles. The van der Waals surface area contributed by atoms with Crippen LogP contribution < -0.4 is 10.1 Å². The third-order valence-corrected chi connectivity index (χ3v) is 5.33. The maximum absolute atomic E-state index is 12.5. The number of nitrogens with zero attached hydrogens (tertiary/aromatic N) is 3. The fourth-order valence-corrected chi connectivity index (χ4v) is 3.44. The molecule has 1 amide bonds. The van der Waals surface area contributed by atoms with Gasteiger partial charge in [-0.3, -0.25) is 9.36 Å². The van der Waals surface area contributed by atoms with E-state index >= 15 is 0 Å². The van der Waals surface area contributed by atoms with Crippen molar-refractivity contribution in [2.45, 2.75) is 17.3 Å². The van der Waals surface area contributed by atoms with E-state index in [9.17, 15) is 4.79 Å². The van der Waals surface area contributed by atoms with Gasteiger partial charge >= 0.3 is 0 Å². The van der Waals surface area contributed by atoms with Gasteiger partial charge in [0.15, 0.2) is 5.16 Å². The fraction of sp³-hybridized carbons (Fsp3) is 0.167. The zero-order valence-electron chi connectivity index (χ0n) is 14.5. The van der Waals surface area contributed by atoms with E-state index in [1.54, 1.807) is 43.1 Å². The van der Waals surface area contributed by atoms with Crippen molar-refractivity contribution in [1.82, 2.24) is 14.8 Å². The molecule has 0 bridgehead atoms. The summed E-state index contributed by atoms with van der Waals surface area (Å²) in [7, 11) is 1.61. The molecule has 0 spiro atoms. The number of carbonyl (C=O) groups excluding carboxylic acids is 1. The van der Waals surface area contributed by atoms with Gasteiger partial charge in [0.2, 0.25) is 5.91 Å². The summed E-state index contributed by atoms with van der Waals surface area (Å²) < 4.78 is 6.97. The van der Waals surface area contributed by atoms with Crippen LogP contribution in [0.1, 0.15) is 6.92 Å². The van der Waals surface area contributed by atoms with Gasteiger partial charge in [0.25, 0.3) is 0 Å². The number of ether oxygens (including phenoxy) is 1. The molecule has 3 rings (SSSR count). The number of benzene rings is 2. The molecule has 0 aliphatic rings. The van der Waals surface area contributed by atoms with Crippen LogP contribution in [-0.4, -0.2) is 33.0 Å². The number of aromatic nitrogens is 3. The predicted molar refractivity (Wildman–Crippen MR) is 108 cm³/mol. The molecule has 0 aliphatic carbocycles. The number of carbonyl (C=O) groups is 1. The molecular weight excluding hydrogens is 407 g/mol. The summed E-state index contributed by atoms with van der Waals surface area (Å²) in [6.07, 6.45) is 1.60. The largest absolute Gasteiger partial charge is 0.497 e. The second kappa shape index (κ2) is 8.65. The van der Waals surface area contributed by atoms with E-state index < -0.39 is 5.25 Å². The highest BCUT2D eigenvalue weighted by molar-refractivity contribution is 8.00. The lowest BCUT2D eigenvalue weighted by Gasteiger charge is -2.13. The Labute approximate surface area is 170 Å². The summed E-state index contributed by atoms with van der Waals surface area (Å²) in [5.41, 5.74) is 1.34. The van der Waals surface area contributed by atoms with Crippen LogP contribution in [0.2, 0.25) is 10.0 Å². The van der Waals surface area contributed by atoms with E-state index in [1.807, 2.05) is 24.3 Å². The molecule has 0 aliphatic heterocycles. The predicted octanol–water partition coefficient (Wildman–Crippen LogP) is 4.70. The number of methoxy groups -OCH3 is 1. The Morgan fingerprint density at radius 1 is 1.22 bits per heavy atom. The standard InChI is InChI=1S/C18H16Cl2N4O2S/c1-11(17(25)22-16-9-12(19)3-8-15(16)20)27-18-23-21-10-24(18)13-4-6-14(26-2)7-5-13/h3-11H,1-2H3,(H,22,25)/t11-/m1/s1. The topological polar surface area (TPSA) is 69.0 Å². The van der Waals surface area contributed by atoms with E-state index in [0.29, 0.717) is 20.9 Å². The van der Waals surface area contributed by atoms with Gasteiger partial charge in [0.1, 0.15) is 12.1 Å². The van der Waals surface area contributed by atoms with Crippen LogP contribution in [0.25, 0.3) is 5.69 Å². The summed E-state index contributed by atoms with van der Waals surface area (Å²) in [6.45, 7) is 1.78. The molecule has 6 nitrogen and oxygen atoms in total. The van der Waals surface area contributed by atoms with Crippen molar-refractivity contribution in [2.75, 3.05) is 12.4 Å². The molecule has 0 unspecified atom stereocenters. The van der Waals surface area contributed by atoms with Crippen molar-refractivity contribution < 1.29 is 9.53 Å². The van der Waals surface area contributed by atoms with Crippen LogP contribution in [0.5, 0.6) is 5.75 Å². The zero-order chi connectivity index (χ0) is 19.4.